The maximum absolute atomic E-state index is 9.64. The first kappa shape index (κ1) is 7.34. The van der Waals surface area contributed by atoms with Crippen LogP contribution in [0.4, 0.5) is 4.79 Å². The first-order valence-corrected chi connectivity index (χ1v) is 2.49. The second-order valence-corrected chi connectivity index (χ2v) is 1.37. The molecule has 7 heteroatoms. The van der Waals surface area contributed by atoms with Crippen molar-refractivity contribution < 1.29 is 17.8 Å². The summed E-state index contributed by atoms with van der Waals surface area (Å²) in [6.07, 6.45) is 0. The van der Waals surface area contributed by atoms with Crippen LogP contribution in [-0.4, -0.2) is 14.8 Å². The van der Waals surface area contributed by atoms with Gasteiger partial charge in [-0.25, -0.2) is 4.79 Å². The van der Waals surface area contributed by atoms with Gasteiger partial charge < -0.3 is 5.73 Å². The quantitative estimate of drug-likeness (QED) is 0.328. The van der Waals surface area contributed by atoms with Crippen LogP contribution in [0, 0.1) is 0 Å². The summed E-state index contributed by atoms with van der Waals surface area (Å²) in [4.78, 5) is 9.64. The molecule has 1 unspecified atom stereocenters. The topological polar surface area (TPSA) is 102 Å². The number of hydrogen-bond acceptors (Lipinski definition) is 3. The zero-order valence-electron chi connectivity index (χ0n) is 3.66. The molecule has 0 aromatic carbocycles. The smallest absolute Gasteiger partial charge is 0.337 e. The predicted octanol–water partition coefficient (Wildman–Crippen LogP) is -1.28. The van der Waals surface area contributed by atoms with Crippen molar-refractivity contribution >= 4 is 17.4 Å². The van der Waals surface area contributed by atoms with Gasteiger partial charge in [0.25, 0.3) is 0 Å². The molecule has 0 saturated heterocycles. The summed E-state index contributed by atoms with van der Waals surface area (Å²) in [6.45, 7) is 0. The molecular formula is CH4N2O4S. The third kappa shape index (κ3) is 5.34. The van der Waals surface area contributed by atoms with E-state index in [1.165, 1.54) is 5.48 Å². The van der Waals surface area contributed by atoms with E-state index in [1.807, 2.05) is 0 Å². The van der Waals surface area contributed by atoms with Crippen molar-refractivity contribution in [3.63, 3.8) is 0 Å². The number of urea groups is 1. The number of carbonyl (C=O) groups is 1. The first-order chi connectivity index (χ1) is 3.63. The highest BCUT2D eigenvalue weighted by atomic mass is 32.2. The molecule has 48 valence electrons. The molecular weight excluding hydrogens is 136 g/mol. The molecule has 0 spiro atoms. The second kappa shape index (κ2) is 3.36. The molecule has 0 bridgehead atoms. The highest BCUT2D eigenvalue weighted by Gasteiger charge is 1.93. The van der Waals surface area contributed by atoms with E-state index in [0.717, 1.165) is 0 Å². The van der Waals surface area contributed by atoms with Gasteiger partial charge in [-0.05, 0) is 0 Å². The van der Waals surface area contributed by atoms with Crippen LogP contribution < -0.4 is 11.2 Å². The second-order valence-electron chi connectivity index (χ2n) is 0.767. The summed E-state index contributed by atoms with van der Waals surface area (Å²) in [5.41, 5.74) is 5.85. The molecule has 8 heavy (non-hydrogen) atoms. The summed E-state index contributed by atoms with van der Waals surface area (Å²) in [7, 11) is 0. The Bertz CT molecular complexity index is 98.6. The fraction of sp³-hybridized carbons (Fsp3) is 0. The summed E-state index contributed by atoms with van der Waals surface area (Å²) in [5, 5.41) is 0. The Morgan fingerprint density at radius 3 is 2.50 bits per heavy atom. The van der Waals surface area contributed by atoms with Crippen LogP contribution in [0.2, 0.25) is 0 Å². The summed E-state index contributed by atoms with van der Waals surface area (Å²) < 4.78 is 20.9. The predicted molar refractivity (Wildman–Crippen MR) is 24.6 cm³/mol. The Balaban J connectivity index is 3.18. The van der Waals surface area contributed by atoms with Crippen LogP contribution >= 0.6 is 0 Å². The maximum Gasteiger partial charge on any atom is 0.337 e. The molecule has 0 saturated carbocycles. The Kier molecular flexibility index (Phi) is 3.08. The van der Waals surface area contributed by atoms with Gasteiger partial charge in [-0.3, -0.25) is 4.55 Å². The Morgan fingerprint density at radius 1 is 1.88 bits per heavy atom. The zero-order valence-corrected chi connectivity index (χ0v) is 4.47. The number of rotatable bonds is 2. The van der Waals surface area contributed by atoms with E-state index in [9.17, 15) is 9.00 Å². The number of nitrogens with two attached hydrogens (primary N) is 1. The molecule has 6 nitrogen and oxygen atoms in total. The number of carbonyl (C=O) groups excluding carboxylic acids is 1. The zero-order chi connectivity index (χ0) is 6.57. The number of hydroxylamine groups is 1. The van der Waals surface area contributed by atoms with Gasteiger partial charge in [-0.1, -0.05) is 0 Å². The van der Waals surface area contributed by atoms with Crippen molar-refractivity contribution in [2.45, 2.75) is 0 Å². The van der Waals surface area contributed by atoms with Crippen molar-refractivity contribution in [3.8, 4) is 0 Å². The number of hydrogen-bond donors (Lipinski definition) is 3. The van der Waals surface area contributed by atoms with Crippen LogP contribution in [0.5, 0.6) is 0 Å². The lowest BCUT2D eigenvalue weighted by atomic mass is 11.2. The lowest BCUT2D eigenvalue weighted by Gasteiger charge is -1.92. The highest BCUT2D eigenvalue weighted by Crippen LogP contribution is 1.68. The third-order valence-corrected chi connectivity index (χ3v) is 0.439. The average molecular weight is 140 g/mol. The van der Waals surface area contributed by atoms with E-state index in [2.05, 4.69) is 10.0 Å². The molecule has 0 heterocycles. The van der Waals surface area contributed by atoms with Crippen molar-refractivity contribution in [3.05, 3.63) is 0 Å². The Morgan fingerprint density at radius 2 is 2.38 bits per heavy atom. The SMILES string of the molecule is NC(=O)NOS(=O)O. The van der Waals surface area contributed by atoms with E-state index < -0.39 is 17.4 Å². The lowest BCUT2D eigenvalue weighted by molar-refractivity contribution is 0.186. The fourth-order valence-corrected chi connectivity index (χ4v) is 0.230. The Labute approximate surface area is 47.4 Å². The number of primary amides is 1. The van der Waals surface area contributed by atoms with Gasteiger partial charge in [0, 0.05) is 0 Å². The van der Waals surface area contributed by atoms with Crippen molar-refractivity contribution in [2.75, 3.05) is 0 Å². The van der Waals surface area contributed by atoms with Gasteiger partial charge >= 0.3 is 17.4 Å². The number of nitrogens with one attached hydrogen (secondary N) is 1. The van der Waals surface area contributed by atoms with Gasteiger partial charge in [-0.2, -0.15) is 9.69 Å². The molecule has 0 aromatic rings. The van der Waals surface area contributed by atoms with Gasteiger partial charge in [0.15, 0.2) is 0 Å². The molecule has 4 N–H and O–H groups in total. The van der Waals surface area contributed by atoms with Gasteiger partial charge in [-0.15, -0.1) is 4.28 Å². The average Bonchev–Trinajstić information content (AvgIpc) is 1.61. The Hall–Kier alpha value is -0.660. The lowest BCUT2D eigenvalue weighted by Crippen LogP contribution is -2.29. The van der Waals surface area contributed by atoms with Crippen LogP contribution in [0.3, 0.4) is 0 Å². The van der Waals surface area contributed by atoms with Gasteiger partial charge in [0.1, 0.15) is 0 Å². The minimum Gasteiger partial charge on any atom is -0.350 e. The molecule has 0 radical (unpaired) electrons. The van der Waals surface area contributed by atoms with Gasteiger partial charge in [0.05, 0.1) is 0 Å². The van der Waals surface area contributed by atoms with E-state index >= 15 is 0 Å². The van der Waals surface area contributed by atoms with E-state index in [-0.39, 0.29) is 0 Å². The molecule has 0 rings (SSSR count). The first-order valence-electron chi connectivity index (χ1n) is 1.46. The third-order valence-electron chi connectivity index (χ3n) is 0.214. The molecule has 0 aliphatic heterocycles. The van der Waals surface area contributed by atoms with Crippen molar-refractivity contribution in [1.82, 2.24) is 5.48 Å². The molecule has 1 atom stereocenters. The molecule has 0 aliphatic rings. The van der Waals surface area contributed by atoms with Crippen molar-refractivity contribution in [1.29, 1.82) is 0 Å². The minimum atomic E-state index is -2.50. The fourth-order valence-electron chi connectivity index (χ4n) is 0.0767. The van der Waals surface area contributed by atoms with Gasteiger partial charge in [0.2, 0.25) is 0 Å². The summed E-state index contributed by atoms with van der Waals surface area (Å²) in [6, 6.07) is -1.02. The summed E-state index contributed by atoms with van der Waals surface area (Å²) >= 11 is -2.50. The summed E-state index contributed by atoms with van der Waals surface area (Å²) in [5.74, 6) is 0. The van der Waals surface area contributed by atoms with Crippen LogP contribution in [0.25, 0.3) is 0 Å². The van der Waals surface area contributed by atoms with E-state index in [0.29, 0.717) is 0 Å². The minimum absolute atomic E-state index is 1.02. The van der Waals surface area contributed by atoms with Crippen LogP contribution in [0.1, 0.15) is 0 Å². The molecule has 0 fully saturated rings. The molecule has 2 amide bonds. The maximum atomic E-state index is 9.64. The largest absolute Gasteiger partial charge is 0.350 e. The molecule has 0 aliphatic carbocycles. The van der Waals surface area contributed by atoms with Crippen LogP contribution in [0.15, 0.2) is 0 Å². The highest BCUT2D eigenvalue weighted by molar-refractivity contribution is 7.74. The van der Waals surface area contributed by atoms with E-state index in [1.54, 1.807) is 0 Å². The van der Waals surface area contributed by atoms with Crippen LogP contribution in [-0.2, 0) is 15.6 Å². The standard InChI is InChI=1S/CH4N2O4S/c2-1(4)3-7-8(5)6/h(H,5,6)(H3,2,3,4). The normalized spacial score (nSPS) is 12.6. The molecule has 0 aromatic heterocycles. The monoisotopic (exact) mass is 140 g/mol. The van der Waals surface area contributed by atoms with E-state index in [4.69, 9.17) is 4.55 Å². The number of amides is 2. The van der Waals surface area contributed by atoms with Crippen molar-refractivity contribution in [2.24, 2.45) is 5.73 Å².